The molecule has 6 unspecified atom stereocenters. The van der Waals surface area contributed by atoms with E-state index in [1.807, 2.05) is 11.3 Å². The molecule has 4 aliphatic carbocycles. The molecule has 4 bridgehead atoms. The summed E-state index contributed by atoms with van der Waals surface area (Å²) >= 11 is 1.88. The van der Waals surface area contributed by atoms with Crippen LogP contribution in [0.4, 0.5) is 0 Å². The summed E-state index contributed by atoms with van der Waals surface area (Å²) < 4.78 is 12.0. The lowest BCUT2D eigenvalue weighted by Crippen LogP contribution is -2.45. The highest BCUT2D eigenvalue weighted by molar-refractivity contribution is 7.27. The predicted octanol–water partition coefficient (Wildman–Crippen LogP) is 15.9. The summed E-state index contributed by atoms with van der Waals surface area (Å²) in [4.78, 5) is 17.0. The normalized spacial score (nSPS) is 28.6. The summed E-state index contributed by atoms with van der Waals surface area (Å²) in [5.74, 6) is 7.67. The van der Waals surface area contributed by atoms with Gasteiger partial charge < -0.3 is 8.98 Å². The molecule has 9 aromatic rings. The number of rotatable bonds is 6. The van der Waals surface area contributed by atoms with Crippen molar-refractivity contribution in [2.24, 2.45) is 35.5 Å². The number of benzene rings is 5. The Kier molecular flexibility index (Phi) is 8.66. The first-order chi connectivity index (χ1) is 30.8. The van der Waals surface area contributed by atoms with Crippen molar-refractivity contribution in [2.45, 2.75) is 116 Å². The summed E-state index contributed by atoms with van der Waals surface area (Å²) in [6.07, 6.45) is 15.4. The highest BCUT2D eigenvalue weighted by Gasteiger charge is 2.50. The minimum atomic E-state index is -0.0343. The maximum atomic E-state index is 6.89. The fourth-order valence-corrected chi connectivity index (χ4v) is 15.9. The van der Waals surface area contributed by atoms with E-state index in [9.17, 15) is 0 Å². The monoisotopic (exact) mass is 846 g/mol. The van der Waals surface area contributed by atoms with Gasteiger partial charge in [0, 0.05) is 58.4 Å². The van der Waals surface area contributed by atoms with E-state index in [1.54, 1.807) is 0 Å². The Morgan fingerprint density at radius 3 is 2.11 bits per heavy atom. The Hall–Kier alpha value is -5.07. The van der Waals surface area contributed by atoms with E-state index in [2.05, 4.69) is 129 Å². The van der Waals surface area contributed by atoms with E-state index in [0.29, 0.717) is 5.92 Å². The van der Waals surface area contributed by atoms with Crippen LogP contribution in [0.3, 0.4) is 0 Å². The zero-order chi connectivity index (χ0) is 42.2. The first-order valence-corrected chi connectivity index (χ1v) is 25.1. The third kappa shape index (κ3) is 5.88. The fraction of sp³-hybridized carbons (Fsp3) is 0.421. The van der Waals surface area contributed by atoms with E-state index < -0.39 is 0 Å². The third-order valence-corrected chi connectivity index (χ3v) is 18.1. The molecule has 0 radical (unpaired) electrons. The molecule has 4 aliphatic rings. The van der Waals surface area contributed by atoms with Gasteiger partial charge in [-0.05, 0) is 142 Å². The van der Waals surface area contributed by atoms with E-state index in [0.717, 1.165) is 69.5 Å². The van der Waals surface area contributed by atoms with Gasteiger partial charge in [0.25, 0.3) is 0 Å². The number of thiophene rings is 1. The molecule has 6 atom stereocenters. The molecule has 63 heavy (non-hydrogen) atoms. The fourth-order valence-electron chi connectivity index (χ4n) is 14.6. The van der Waals surface area contributed by atoms with Crippen molar-refractivity contribution in [2.75, 3.05) is 0 Å². The molecule has 4 heterocycles. The zero-order valence-electron chi connectivity index (χ0n) is 37.3. The SMILES string of the molecule is CCC1CC2CC(C1)CC(C)(c1nc(-c3ccc(-n4c5ccccc5c5c6oc7ccccc7c6c6sc7ccccc7c6c54)cc3)nc(C34CC(C)CC(CC(CC)C3)C4)n1)C2. The van der Waals surface area contributed by atoms with Crippen LogP contribution in [0.2, 0.25) is 0 Å². The van der Waals surface area contributed by atoms with Crippen LogP contribution >= 0.6 is 11.3 Å². The summed E-state index contributed by atoms with van der Waals surface area (Å²) in [5.41, 5.74) is 6.50. The molecule has 4 aromatic heterocycles. The number of aromatic nitrogens is 4. The Bertz CT molecular complexity index is 3210. The Labute approximate surface area is 374 Å². The number of fused-ring (bicyclic) bond motifs is 16. The molecular formula is C57H58N4OS. The van der Waals surface area contributed by atoms with Gasteiger partial charge in [-0.1, -0.05) is 95.1 Å². The second-order valence-electron chi connectivity index (χ2n) is 21.3. The quantitative estimate of drug-likeness (QED) is 0.167. The van der Waals surface area contributed by atoms with Gasteiger partial charge in [-0.15, -0.1) is 11.3 Å². The average molecular weight is 847 g/mol. The molecule has 13 rings (SSSR count). The topological polar surface area (TPSA) is 56.7 Å². The number of para-hydroxylation sites is 2. The number of furan rings is 1. The first kappa shape index (κ1) is 38.4. The van der Waals surface area contributed by atoms with Crippen molar-refractivity contribution in [3.05, 3.63) is 109 Å². The maximum absolute atomic E-state index is 6.89. The third-order valence-electron chi connectivity index (χ3n) is 16.9. The Balaban J connectivity index is 1.00. The van der Waals surface area contributed by atoms with Gasteiger partial charge in [-0.2, -0.15) is 0 Å². The first-order valence-electron chi connectivity index (χ1n) is 24.3. The van der Waals surface area contributed by atoms with Crippen LogP contribution < -0.4 is 0 Å². The van der Waals surface area contributed by atoms with Crippen LogP contribution in [0, 0.1) is 35.5 Å². The smallest absolute Gasteiger partial charge is 0.163 e. The Morgan fingerprint density at radius 2 is 1.32 bits per heavy atom. The summed E-state index contributed by atoms with van der Waals surface area (Å²) in [5, 5.41) is 7.36. The predicted molar refractivity (Wildman–Crippen MR) is 262 cm³/mol. The van der Waals surface area contributed by atoms with Crippen molar-refractivity contribution >= 4 is 75.3 Å². The molecule has 4 fully saturated rings. The van der Waals surface area contributed by atoms with Crippen molar-refractivity contribution in [1.29, 1.82) is 0 Å². The molecular weight excluding hydrogens is 789 g/mol. The lowest BCUT2D eigenvalue weighted by molar-refractivity contribution is 0.0616. The highest BCUT2D eigenvalue weighted by Crippen LogP contribution is 2.56. The standard InChI is InChI=1S/C57H58N4OS/c1-5-34-24-37-27-38(25-34)30-56(4,29-37)54-58-53(59-55(60-54)57-28-33(3)23-36(32-57)26-35(6-2)31-57)39-19-21-40(22-20-39)61-44-16-10-7-13-41(44)47-50(61)48-43-15-9-12-18-46(43)63-52(48)49-42-14-8-11-17-45(42)62-51(47)49/h7-22,33-38H,5-6,23-32H2,1-4H3. The minimum absolute atomic E-state index is 0.0293. The molecule has 0 spiro atoms. The highest BCUT2D eigenvalue weighted by atomic mass is 32.1. The maximum Gasteiger partial charge on any atom is 0.163 e. The van der Waals surface area contributed by atoms with Crippen LogP contribution in [-0.2, 0) is 10.8 Å². The van der Waals surface area contributed by atoms with Gasteiger partial charge in [0.15, 0.2) is 5.82 Å². The van der Waals surface area contributed by atoms with E-state index in [-0.39, 0.29) is 10.8 Å². The largest absolute Gasteiger partial charge is 0.455 e. The number of hydrogen-bond donors (Lipinski definition) is 0. The molecule has 5 nitrogen and oxygen atoms in total. The van der Waals surface area contributed by atoms with Crippen molar-refractivity contribution in [1.82, 2.24) is 19.5 Å². The minimum Gasteiger partial charge on any atom is -0.455 e. The summed E-state index contributed by atoms with van der Waals surface area (Å²) in [6.45, 7) is 9.81. The molecule has 4 saturated carbocycles. The molecule has 0 amide bonds. The van der Waals surface area contributed by atoms with Crippen LogP contribution in [0.1, 0.15) is 116 Å². The molecule has 0 saturated heterocycles. The van der Waals surface area contributed by atoms with Crippen molar-refractivity contribution in [3.63, 3.8) is 0 Å². The molecule has 0 N–H and O–H groups in total. The zero-order valence-corrected chi connectivity index (χ0v) is 38.1. The molecule has 5 aromatic carbocycles. The van der Waals surface area contributed by atoms with Crippen LogP contribution in [-0.4, -0.2) is 19.5 Å². The summed E-state index contributed by atoms with van der Waals surface area (Å²) in [6, 6.07) is 35.6. The molecule has 6 heteroatoms. The summed E-state index contributed by atoms with van der Waals surface area (Å²) in [7, 11) is 0. The van der Waals surface area contributed by atoms with Gasteiger partial charge in [-0.3, -0.25) is 0 Å². The van der Waals surface area contributed by atoms with Gasteiger partial charge in [0.1, 0.15) is 22.8 Å². The van der Waals surface area contributed by atoms with Gasteiger partial charge >= 0.3 is 0 Å². The second kappa shape index (κ2) is 14.2. The average Bonchev–Trinajstić information content (AvgIpc) is 3.98. The molecule has 0 aliphatic heterocycles. The van der Waals surface area contributed by atoms with Crippen LogP contribution in [0.25, 0.3) is 81.0 Å². The van der Waals surface area contributed by atoms with E-state index >= 15 is 0 Å². The van der Waals surface area contributed by atoms with E-state index in [4.69, 9.17) is 19.4 Å². The lowest BCUT2D eigenvalue weighted by atomic mass is 9.55. The van der Waals surface area contributed by atoms with Gasteiger partial charge in [-0.25, -0.2) is 15.0 Å². The number of hydrogen-bond acceptors (Lipinski definition) is 5. The lowest BCUT2D eigenvalue weighted by Gasteiger charge is -2.50. The van der Waals surface area contributed by atoms with Crippen LogP contribution in [0.5, 0.6) is 0 Å². The molecule has 318 valence electrons. The van der Waals surface area contributed by atoms with Gasteiger partial charge in [0.2, 0.25) is 0 Å². The van der Waals surface area contributed by atoms with Crippen molar-refractivity contribution in [3.8, 4) is 17.1 Å². The Morgan fingerprint density at radius 1 is 0.635 bits per heavy atom. The van der Waals surface area contributed by atoms with E-state index in [1.165, 1.54) is 130 Å². The van der Waals surface area contributed by atoms with Gasteiger partial charge in [0.05, 0.1) is 16.4 Å². The number of nitrogens with zero attached hydrogens (tertiary/aromatic N) is 4. The van der Waals surface area contributed by atoms with Crippen LogP contribution in [0.15, 0.2) is 101 Å². The second-order valence-corrected chi connectivity index (χ2v) is 22.4. The van der Waals surface area contributed by atoms with Crippen molar-refractivity contribution < 1.29 is 4.42 Å².